The lowest BCUT2D eigenvalue weighted by Crippen LogP contribution is -2.42. The molecule has 0 aliphatic heterocycles. The van der Waals surface area contributed by atoms with E-state index < -0.39 is 6.10 Å². The third kappa shape index (κ3) is 4.86. The maximum atomic E-state index is 12.2. The van der Waals surface area contributed by atoms with Gasteiger partial charge in [-0.1, -0.05) is 37.8 Å². The molecule has 0 unspecified atom stereocenters. The zero-order chi connectivity index (χ0) is 15.9. The fourth-order valence-corrected chi connectivity index (χ4v) is 2.79. The Bertz CT molecular complexity index is 519. The van der Waals surface area contributed by atoms with E-state index in [-0.39, 0.29) is 17.7 Å². The van der Waals surface area contributed by atoms with Crippen molar-refractivity contribution in [1.82, 2.24) is 5.32 Å². The van der Waals surface area contributed by atoms with Crippen LogP contribution in [0.2, 0.25) is 0 Å². The Balaban J connectivity index is 1.90. The minimum atomic E-state index is -0.564. The number of hydrogen-bond acceptors (Lipinski definition) is 3. The quantitative estimate of drug-likeness (QED) is 0.669. The van der Waals surface area contributed by atoms with Gasteiger partial charge in [-0.2, -0.15) is 0 Å². The average Bonchev–Trinajstić information content (AvgIpc) is 2.76. The van der Waals surface area contributed by atoms with Gasteiger partial charge < -0.3 is 10.1 Å². The third-order valence-electron chi connectivity index (χ3n) is 4.12. The molecule has 1 aromatic rings. The predicted molar refractivity (Wildman–Crippen MR) is 86.2 cm³/mol. The van der Waals surface area contributed by atoms with E-state index in [9.17, 15) is 9.59 Å². The number of nitrogens with one attached hydrogen (secondary N) is 1. The standard InChI is InChI=1S/C18H25NO3/c1-13(20)15-8-7-11-17(12-15)22-14(2)18(21)19-16-9-5-3-4-6-10-16/h7-8,11-12,14,16H,3-6,9-10H2,1-2H3,(H,19,21)/t14-/m1/s1. The first-order valence-electron chi connectivity index (χ1n) is 8.14. The Morgan fingerprint density at radius 1 is 1.18 bits per heavy atom. The molecule has 1 aromatic carbocycles. The van der Waals surface area contributed by atoms with Crippen molar-refractivity contribution in [3.05, 3.63) is 29.8 Å². The summed E-state index contributed by atoms with van der Waals surface area (Å²) in [6.07, 6.45) is 6.43. The fourth-order valence-electron chi connectivity index (χ4n) is 2.79. The maximum Gasteiger partial charge on any atom is 0.260 e. The highest BCUT2D eigenvalue weighted by Gasteiger charge is 2.20. The Hall–Kier alpha value is -1.84. The van der Waals surface area contributed by atoms with Crippen LogP contribution in [0.4, 0.5) is 0 Å². The summed E-state index contributed by atoms with van der Waals surface area (Å²) in [5.74, 6) is 0.456. The molecule has 0 radical (unpaired) electrons. The lowest BCUT2D eigenvalue weighted by atomic mass is 10.1. The molecule has 4 nitrogen and oxygen atoms in total. The number of hydrogen-bond donors (Lipinski definition) is 1. The first-order valence-corrected chi connectivity index (χ1v) is 8.14. The van der Waals surface area contributed by atoms with Crippen LogP contribution in [0.25, 0.3) is 0 Å². The van der Waals surface area contributed by atoms with Crippen LogP contribution in [0, 0.1) is 0 Å². The van der Waals surface area contributed by atoms with E-state index in [1.165, 1.54) is 32.6 Å². The van der Waals surface area contributed by atoms with Crippen LogP contribution in [0.3, 0.4) is 0 Å². The molecule has 4 heteroatoms. The second kappa shape index (κ2) is 7.97. The molecule has 2 rings (SSSR count). The van der Waals surface area contributed by atoms with Crippen molar-refractivity contribution in [2.45, 2.75) is 64.5 Å². The van der Waals surface area contributed by atoms with Crippen LogP contribution >= 0.6 is 0 Å². The molecule has 120 valence electrons. The number of carbonyl (C=O) groups excluding carboxylic acids is 2. The third-order valence-corrected chi connectivity index (χ3v) is 4.12. The van der Waals surface area contributed by atoms with E-state index in [2.05, 4.69) is 5.32 Å². The molecule has 0 aromatic heterocycles. The largest absolute Gasteiger partial charge is 0.481 e. The molecule has 1 aliphatic carbocycles. The van der Waals surface area contributed by atoms with Crippen LogP contribution < -0.4 is 10.1 Å². The zero-order valence-electron chi connectivity index (χ0n) is 13.4. The van der Waals surface area contributed by atoms with Gasteiger partial charge in [0.25, 0.3) is 5.91 Å². The normalized spacial score (nSPS) is 17.4. The molecule has 22 heavy (non-hydrogen) atoms. The van der Waals surface area contributed by atoms with Crippen molar-refractivity contribution < 1.29 is 14.3 Å². The molecule has 1 N–H and O–H groups in total. The van der Waals surface area contributed by atoms with Crippen molar-refractivity contribution in [1.29, 1.82) is 0 Å². The highest BCUT2D eigenvalue weighted by Crippen LogP contribution is 2.18. The lowest BCUT2D eigenvalue weighted by molar-refractivity contribution is -0.128. The Kier molecular flexibility index (Phi) is 5.99. The average molecular weight is 303 g/mol. The summed E-state index contributed by atoms with van der Waals surface area (Å²) in [7, 11) is 0. The van der Waals surface area contributed by atoms with Gasteiger partial charge in [-0.15, -0.1) is 0 Å². The number of ketones is 1. The van der Waals surface area contributed by atoms with Gasteiger partial charge in [0.1, 0.15) is 5.75 Å². The monoisotopic (exact) mass is 303 g/mol. The zero-order valence-corrected chi connectivity index (χ0v) is 13.4. The van der Waals surface area contributed by atoms with Crippen molar-refractivity contribution in [2.24, 2.45) is 0 Å². The van der Waals surface area contributed by atoms with E-state index in [0.717, 1.165) is 12.8 Å². The molecule has 0 bridgehead atoms. The highest BCUT2D eigenvalue weighted by molar-refractivity contribution is 5.94. The van der Waals surface area contributed by atoms with Crippen molar-refractivity contribution >= 4 is 11.7 Å². The molecule has 0 saturated heterocycles. The van der Waals surface area contributed by atoms with Gasteiger partial charge in [-0.25, -0.2) is 0 Å². The summed E-state index contributed by atoms with van der Waals surface area (Å²) in [5, 5.41) is 3.09. The summed E-state index contributed by atoms with van der Waals surface area (Å²) in [6, 6.07) is 7.22. The fraction of sp³-hybridized carbons (Fsp3) is 0.556. The smallest absolute Gasteiger partial charge is 0.260 e. The second-order valence-electron chi connectivity index (χ2n) is 6.04. The summed E-state index contributed by atoms with van der Waals surface area (Å²) in [5.41, 5.74) is 0.592. The highest BCUT2D eigenvalue weighted by atomic mass is 16.5. The minimum Gasteiger partial charge on any atom is -0.481 e. The first-order chi connectivity index (χ1) is 10.6. The van der Waals surface area contributed by atoms with Crippen LogP contribution in [-0.2, 0) is 4.79 Å². The lowest BCUT2D eigenvalue weighted by Gasteiger charge is -2.20. The van der Waals surface area contributed by atoms with Gasteiger partial charge in [-0.05, 0) is 38.8 Å². The van der Waals surface area contributed by atoms with Crippen molar-refractivity contribution in [3.8, 4) is 5.75 Å². The first kappa shape index (κ1) is 16.5. The predicted octanol–water partition coefficient (Wildman–Crippen LogP) is 3.50. The number of amides is 1. The van der Waals surface area contributed by atoms with E-state index in [4.69, 9.17) is 4.74 Å². The Morgan fingerprint density at radius 2 is 1.86 bits per heavy atom. The Labute approximate surface area is 132 Å². The molecule has 1 atom stereocenters. The van der Waals surface area contributed by atoms with Gasteiger partial charge in [0.15, 0.2) is 11.9 Å². The van der Waals surface area contributed by atoms with Crippen molar-refractivity contribution in [3.63, 3.8) is 0 Å². The number of carbonyl (C=O) groups is 2. The molecule has 0 heterocycles. The van der Waals surface area contributed by atoms with Crippen molar-refractivity contribution in [2.75, 3.05) is 0 Å². The van der Waals surface area contributed by atoms with E-state index >= 15 is 0 Å². The van der Waals surface area contributed by atoms with Crippen LogP contribution in [0.1, 0.15) is 62.7 Å². The van der Waals surface area contributed by atoms with Gasteiger partial charge in [0, 0.05) is 11.6 Å². The number of rotatable bonds is 5. The SMILES string of the molecule is CC(=O)c1cccc(O[C@H](C)C(=O)NC2CCCCCC2)c1. The van der Waals surface area contributed by atoms with Gasteiger partial charge in [0.05, 0.1) is 0 Å². The molecular weight excluding hydrogens is 278 g/mol. The van der Waals surface area contributed by atoms with E-state index in [1.807, 2.05) is 0 Å². The van der Waals surface area contributed by atoms with Crippen LogP contribution in [0.5, 0.6) is 5.75 Å². The van der Waals surface area contributed by atoms with E-state index in [1.54, 1.807) is 31.2 Å². The second-order valence-corrected chi connectivity index (χ2v) is 6.04. The summed E-state index contributed by atoms with van der Waals surface area (Å²) in [6.45, 7) is 3.26. The van der Waals surface area contributed by atoms with Gasteiger partial charge >= 0.3 is 0 Å². The number of Topliss-reactive ketones (excluding diaryl/α,β-unsaturated/α-hetero) is 1. The Morgan fingerprint density at radius 3 is 2.50 bits per heavy atom. The summed E-state index contributed by atoms with van der Waals surface area (Å²) in [4.78, 5) is 23.6. The molecule has 1 amide bonds. The van der Waals surface area contributed by atoms with Crippen LogP contribution in [-0.4, -0.2) is 23.8 Å². The molecular formula is C18H25NO3. The number of ether oxygens (including phenoxy) is 1. The molecule has 1 saturated carbocycles. The maximum absolute atomic E-state index is 12.2. The number of benzene rings is 1. The summed E-state index contributed by atoms with van der Waals surface area (Å²) < 4.78 is 5.68. The van der Waals surface area contributed by atoms with Gasteiger partial charge in [-0.3, -0.25) is 9.59 Å². The van der Waals surface area contributed by atoms with Crippen LogP contribution in [0.15, 0.2) is 24.3 Å². The molecule has 1 aliphatic rings. The molecule has 0 spiro atoms. The van der Waals surface area contributed by atoms with E-state index in [0.29, 0.717) is 11.3 Å². The molecule has 1 fully saturated rings. The summed E-state index contributed by atoms with van der Waals surface area (Å²) >= 11 is 0. The van der Waals surface area contributed by atoms with Gasteiger partial charge in [0.2, 0.25) is 0 Å². The minimum absolute atomic E-state index is 0.0130. The topological polar surface area (TPSA) is 55.4 Å².